The van der Waals surface area contributed by atoms with Gasteiger partial charge in [0.2, 0.25) is 0 Å². The average molecular weight is 463 g/mol. The van der Waals surface area contributed by atoms with Crippen molar-refractivity contribution in [2.24, 2.45) is 0 Å². The molecule has 1 saturated heterocycles. The Morgan fingerprint density at radius 2 is 1.84 bits per heavy atom. The van der Waals surface area contributed by atoms with E-state index in [9.17, 15) is 9.90 Å². The van der Waals surface area contributed by atoms with Crippen LogP contribution in [0.3, 0.4) is 0 Å². The summed E-state index contributed by atoms with van der Waals surface area (Å²) >= 11 is 6.78. The number of aliphatic hydroxyl groups is 1. The fourth-order valence-corrected chi connectivity index (χ4v) is 5.74. The van der Waals surface area contributed by atoms with Crippen molar-refractivity contribution in [2.75, 3.05) is 44.2 Å². The van der Waals surface area contributed by atoms with Crippen LogP contribution in [0.5, 0.6) is 5.75 Å². The van der Waals surface area contributed by atoms with E-state index in [0.29, 0.717) is 12.2 Å². The highest BCUT2D eigenvalue weighted by atomic mass is 35.5. The minimum atomic E-state index is -1.19. The molecule has 0 aromatic heterocycles. The molecule has 1 fully saturated rings. The summed E-state index contributed by atoms with van der Waals surface area (Å²) in [6.45, 7) is 4.73. The third-order valence-corrected chi connectivity index (χ3v) is 7.71. The van der Waals surface area contributed by atoms with Crippen molar-refractivity contribution < 1.29 is 18.9 Å². The number of piperazine rings is 1. The maximum Gasteiger partial charge on any atom is 0.343 e. The smallest absolute Gasteiger partial charge is 0.343 e. The third kappa shape index (κ3) is 4.95. The summed E-state index contributed by atoms with van der Waals surface area (Å²) in [6, 6.07) is 17.9. The Kier molecular flexibility index (Phi) is 7.27. The lowest BCUT2D eigenvalue weighted by molar-refractivity contribution is -0.140. The molecular formula is C23H27ClN2O4S. The van der Waals surface area contributed by atoms with Crippen molar-refractivity contribution in [3.05, 3.63) is 54.6 Å². The molecule has 0 amide bonds. The van der Waals surface area contributed by atoms with E-state index in [1.54, 1.807) is 0 Å². The maximum atomic E-state index is 12.7. The van der Waals surface area contributed by atoms with Crippen molar-refractivity contribution in [3.63, 3.8) is 0 Å². The van der Waals surface area contributed by atoms with Gasteiger partial charge in [-0.1, -0.05) is 30.3 Å². The molecule has 0 spiro atoms. The number of thioether (sulfide) groups is 1. The van der Waals surface area contributed by atoms with Crippen LogP contribution in [0.2, 0.25) is 0 Å². The molecule has 2 heterocycles. The van der Waals surface area contributed by atoms with Gasteiger partial charge in [0.25, 0.3) is 0 Å². The van der Waals surface area contributed by atoms with Gasteiger partial charge in [0.15, 0.2) is 0 Å². The van der Waals surface area contributed by atoms with Crippen LogP contribution < -0.4 is 9.64 Å². The number of carbonyl (C=O) groups excluding carboxylic acids is 1. The zero-order chi connectivity index (χ0) is 21.7. The van der Waals surface area contributed by atoms with Crippen molar-refractivity contribution in [1.82, 2.24) is 4.90 Å². The summed E-state index contributed by atoms with van der Waals surface area (Å²) in [5.41, 5.74) is 1.25. The van der Waals surface area contributed by atoms with Gasteiger partial charge in [-0.3, -0.25) is 4.90 Å². The van der Waals surface area contributed by atoms with Crippen molar-refractivity contribution in [2.45, 2.75) is 28.6 Å². The molecule has 4 rings (SSSR count). The van der Waals surface area contributed by atoms with Gasteiger partial charge in [-0.25, -0.2) is 4.79 Å². The summed E-state index contributed by atoms with van der Waals surface area (Å²) < 4.78 is 9.15. The van der Waals surface area contributed by atoms with Crippen LogP contribution in [0.1, 0.15) is 12.8 Å². The standard InChI is InChI=1S/C23H27ClN2O4S/c24-30-22(28)23(21(27)17-29-19-9-4-5-10-20(19)31-23)11-6-12-25-13-15-26(16-14-25)18-7-2-1-3-8-18/h1-5,7-10,21,27H,6,11-17H2. The first kappa shape index (κ1) is 22.3. The number of hydrogen-bond acceptors (Lipinski definition) is 7. The number of fused-ring (bicyclic) bond motifs is 1. The molecule has 166 valence electrons. The van der Waals surface area contributed by atoms with E-state index in [0.717, 1.165) is 44.0 Å². The summed E-state index contributed by atoms with van der Waals surface area (Å²) in [7, 11) is 0. The Bertz CT molecular complexity index is 879. The Hall–Kier alpha value is -1.93. The number of rotatable bonds is 6. The van der Waals surface area contributed by atoms with Gasteiger partial charge in [0, 0.05) is 31.9 Å². The van der Waals surface area contributed by atoms with E-state index in [1.165, 1.54) is 17.4 Å². The lowest BCUT2D eigenvalue weighted by Crippen LogP contribution is -2.50. The first-order valence-corrected chi connectivity index (χ1v) is 11.7. The van der Waals surface area contributed by atoms with Crippen molar-refractivity contribution in [3.8, 4) is 5.75 Å². The molecule has 8 heteroatoms. The van der Waals surface area contributed by atoms with Gasteiger partial charge in [0.05, 0.1) is 4.90 Å². The SMILES string of the molecule is O=C(OCl)C1(CCCN2CCN(c3ccccc3)CC2)Sc2ccccc2OCC1O. The predicted molar refractivity (Wildman–Crippen MR) is 123 cm³/mol. The Morgan fingerprint density at radius 3 is 2.58 bits per heavy atom. The summed E-state index contributed by atoms with van der Waals surface area (Å²) in [5, 5.41) is 10.8. The van der Waals surface area contributed by atoms with Crippen LogP contribution in [-0.2, 0) is 9.08 Å². The quantitative estimate of drug-likeness (QED) is 0.704. The molecule has 0 saturated carbocycles. The second-order valence-electron chi connectivity index (χ2n) is 7.90. The van der Waals surface area contributed by atoms with Gasteiger partial charge in [0.1, 0.15) is 35.1 Å². The minimum Gasteiger partial charge on any atom is -0.490 e. The predicted octanol–water partition coefficient (Wildman–Crippen LogP) is 3.57. The highest BCUT2D eigenvalue weighted by molar-refractivity contribution is 8.01. The minimum absolute atomic E-state index is 0.0196. The van der Waals surface area contributed by atoms with E-state index in [4.69, 9.17) is 16.6 Å². The molecule has 2 unspecified atom stereocenters. The van der Waals surface area contributed by atoms with Gasteiger partial charge in [-0.15, -0.1) is 11.8 Å². The summed E-state index contributed by atoms with van der Waals surface area (Å²) in [6.07, 6.45) is 0.163. The molecule has 31 heavy (non-hydrogen) atoms. The van der Waals surface area contributed by atoms with Crippen LogP contribution in [-0.4, -0.2) is 66.2 Å². The molecule has 0 aliphatic carbocycles. The summed E-state index contributed by atoms with van der Waals surface area (Å²) in [5.74, 6) is 0.0358. The van der Waals surface area contributed by atoms with Crippen LogP contribution in [0.25, 0.3) is 0 Å². The van der Waals surface area contributed by atoms with Crippen LogP contribution in [0.15, 0.2) is 59.5 Å². The molecule has 2 atom stereocenters. The second-order valence-corrected chi connectivity index (χ2v) is 9.42. The topological polar surface area (TPSA) is 62.2 Å². The van der Waals surface area contributed by atoms with Gasteiger partial charge >= 0.3 is 5.97 Å². The van der Waals surface area contributed by atoms with Crippen molar-refractivity contribution >= 4 is 35.3 Å². The molecule has 2 aliphatic rings. The van der Waals surface area contributed by atoms with E-state index < -0.39 is 16.8 Å². The van der Waals surface area contributed by atoms with E-state index in [1.807, 2.05) is 30.3 Å². The first-order chi connectivity index (χ1) is 15.1. The zero-order valence-corrected chi connectivity index (χ0v) is 18.9. The number of para-hydroxylation sites is 2. The molecule has 0 bridgehead atoms. The Balaban J connectivity index is 1.38. The lowest BCUT2D eigenvalue weighted by Gasteiger charge is -2.37. The fraction of sp³-hybridized carbons (Fsp3) is 0.435. The maximum absolute atomic E-state index is 12.7. The largest absolute Gasteiger partial charge is 0.490 e. The van der Waals surface area contributed by atoms with E-state index >= 15 is 0 Å². The Labute approximate surface area is 192 Å². The van der Waals surface area contributed by atoms with Crippen LogP contribution >= 0.6 is 23.6 Å². The first-order valence-electron chi connectivity index (χ1n) is 10.6. The third-order valence-electron chi connectivity index (χ3n) is 6.01. The highest BCUT2D eigenvalue weighted by Crippen LogP contribution is 2.46. The highest BCUT2D eigenvalue weighted by Gasteiger charge is 2.50. The summed E-state index contributed by atoms with van der Waals surface area (Å²) in [4.78, 5) is 18.3. The number of halogens is 1. The number of nitrogens with zero attached hydrogens (tertiary/aromatic N) is 2. The molecule has 2 aromatic carbocycles. The number of aliphatic hydroxyl groups excluding tert-OH is 1. The van der Waals surface area contributed by atoms with E-state index in [-0.39, 0.29) is 6.61 Å². The number of hydrogen-bond donors (Lipinski definition) is 1. The molecule has 1 N–H and O–H groups in total. The number of anilines is 1. The van der Waals surface area contributed by atoms with Gasteiger partial charge in [-0.2, -0.15) is 0 Å². The van der Waals surface area contributed by atoms with Gasteiger partial charge < -0.3 is 19.0 Å². The monoisotopic (exact) mass is 462 g/mol. The normalized spacial score (nSPS) is 24.1. The molecule has 0 radical (unpaired) electrons. The van der Waals surface area contributed by atoms with Crippen LogP contribution in [0, 0.1) is 0 Å². The molecule has 2 aromatic rings. The Morgan fingerprint density at radius 1 is 1.13 bits per heavy atom. The van der Waals surface area contributed by atoms with Gasteiger partial charge in [-0.05, 0) is 43.7 Å². The average Bonchev–Trinajstić information content (AvgIpc) is 2.97. The van der Waals surface area contributed by atoms with Crippen LogP contribution in [0.4, 0.5) is 5.69 Å². The number of ether oxygens (including phenoxy) is 1. The zero-order valence-electron chi connectivity index (χ0n) is 17.3. The number of benzene rings is 2. The fourth-order valence-electron chi connectivity index (χ4n) is 4.22. The molecular weight excluding hydrogens is 436 g/mol. The second kappa shape index (κ2) is 10.1. The molecule has 6 nitrogen and oxygen atoms in total. The van der Waals surface area contributed by atoms with E-state index in [2.05, 4.69) is 38.4 Å². The number of carbonyl (C=O) groups is 1. The lowest BCUT2D eigenvalue weighted by atomic mass is 9.95. The van der Waals surface area contributed by atoms with Crippen molar-refractivity contribution in [1.29, 1.82) is 0 Å². The molecule has 2 aliphatic heterocycles.